The summed E-state index contributed by atoms with van der Waals surface area (Å²) in [4.78, 5) is 11.7. The van der Waals surface area contributed by atoms with E-state index in [-0.39, 0.29) is 11.4 Å². The Morgan fingerprint density at radius 1 is 1.18 bits per heavy atom. The molecule has 0 atom stereocenters. The van der Waals surface area contributed by atoms with Crippen molar-refractivity contribution < 1.29 is 4.79 Å². The predicted molar refractivity (Wildman–Crippen MR) is 72.1 cm³/mol. The molecule has 0 fully saturated rings. The Labute approximate surface area is 104 Å². The van der Waals surface area contributed by atoms with Crippen LogP contribution in [0.15, 0.2) is 18.2 Å². The Bertz CT molecular complexity index is 402. The van der Waals surface area contributed by atoms with Crippen LogP contribution in [0.3, 0.4) is 0 Å². The van der Waals surface area contributed by atoms with Crippen LogP contribution < -0.4 is 5.32 Å². The Kier molecular flexibility index (Phi) is 4.33. The minimum Gasteiger partial charge on any atom is -0.351 e. The average molecular weight is 233 g/mol. The molecule has 1 N–H and O–H groups in total. The van der Waals surface area contributed by atoms with E-state index in [0.29, 0.717) is 6.42 Å². The topological polar surface area (TPSA) is 29.1 Å². The summed E-state index contributed by atoms with van der Waals surface area (Å²) in [6.07, 6.45) is 1.36. The molecule has 0 bridgehead atoms. The summed E-state index contributed by atoms with van der Waals surface area (Å²) in [5, 5.41) is 2.98. The van der Waals surface area contributed by atoms with E-state index in [1.54, 1.807) is 0 Å². The van der Waals surface area contributed by atoms with Crippen LogP contribution in [0.1, 0.15) is 43.9 Å². The summed E-state index contributed by atoms with van der Waals surface area (Å²) < 4.78 is 0. The number of hydrogen-bond donors (Lipinski definition) is 1. The van der Waals surface area contributed by atoms with Crippen molar-refractivity contribution >= 4 is 5.91 Å². The normalized spacial score (nSPS) is 11.4. The molecule has 0 saturated heterocycles. The molecular weight excluding hydrogens is 210 g/mol. The van der Waals surface area contributed by atoms with Gasteiger partial charge < -0.3 is 5.32 Å². The van der Waals surface area contributed by atoms with Crippen LogP contribution >= 0.6 is 0 Å². The number of hydrogen-bond acceptors (Lipinski definition) is 1. The average Bonchev–Trinajstić information content (AvgIpc) is 2.17. The molecule has 2 nitrogen and oxygen atoms in total. The van der Waals surface area contributed by atoms with Crippen molar-refractivity contribution in [3.05, 3.63) is 34.9 Å². The second-order valence-electron chi connectivity index (χ2n) is 5.72. The molecule has 0 aromatic heterocycles. The molecule has 1 rings (SSSR count). The Morgan fingerprint density at radius 2 is 1.82 bits per heavy atom. The zero-order valence-corrected chi connectivity index (χ0v) is 11.6. The molecule has 0 radical (unpaired) electrons. The fourth-order valence-corrected chi connectivity index (χ4v) is 1.70. The lowest BCUT2D eigenvalue weighted by Crippen LogP contribution is -2.40. The smallest absolute Gasteiger partial charge is 0.220 e. The van der Waals surface area contributed by atoms with E-state index in [1.807, 2.05) is 20.8 Å². The number of rotatable bonds is 3. The molecule has 0 aliphatic rings. The van der Waals surface area contributed by atoms with Gasteiger partial charge in [0, 0.05) is 12.0 Å². The number of carbonyl (C=O) groups is 1. The van der Waals surface area contributed by atoms with Crippen LogP contribution in [0.5, 0.6) is 0 Å². The first-order valence-electron chi connectivity index (χ1n) is 6.15. The van der Waals surface area contributed by atoms with Gasteiger partial charge >= 0.3 is 0 Å². The van der Waals surface area contributed by atoms with Crippen LogP contribution in [-0.4, -0.2) is 11.4 Å². The quantitative estimate of drug-likeness (QED) is 0.853. The van der Waals surface area contributed by atoms with Crippen molar-refractivity contribution in [1.29, 1.82) is 0 Å². The minimum atomic E-state index is -0.139. The third-order valence-corrected chi connectivity index (χ3v) is 2.73. The number of carbonyl (C=O) groups excluding carboxylic acids is 1. The van der Waals surface area contributed by atoms with E-state index >= 15 is 0 Å². The zero-order chi connectivity index (χ0) is 13.1. The summed E-state index contributed by atoms with van der Waals surface area (Å²) in [6.45, 7) is 10.2. The number of aryl methyl sites for hydroxylation is 3. The highest BCUT2D eigenvalue weighted by molar-refractivity contribution is 5.76. The van der Waals surface area contributed by atoms with Gasteiger partial charge in [-0.1, -0.05) is 18.2 Å². The van der Waals surface area contributed by atoms with Gasteiger partial charge in [0.05, 0.1) is 0 Å². The van der Waals surface area contributed by atoms with Gasteiger partial charge in [0.15, 0.2) is 0 Å². The third-order valence-electron chi connectivity index (χ3n) is 2.73. The summed E-state index contributed by atoms with van der Waals surface area (Å²) in [5.41, 5.74) is 3.68. The van der Waals surface area contributed by atoms with Gasteiger partial charge in [-0.3, -0.25) is 4.79 Å². The molecule has 0 aliphatic heterocycles. The van der Waals surface area contributed by atoms with Crippen molar-refractivity contribution in [2.45, 2.75) is 53.0 Å². The maximum absolute atomic E-state index is 11.7. The number of benzene rings is 1. The summed E-state index contributed by atoms with van der Waals surface area (Å²) in [7, 11) is 0. The number of nitrogens with one attached hydrogen (secondary N) is 1. The van der Waals surface area contributed by atoms with Crippen molar-refractivity contribution in [2.75, 3.05) is 0 Å². The Balaban J connectivity index is 2.50. The van der Waals surface area contributed by atoms with E-state index in [4.69, 9.17) is 0 Å². The molecule has 2 heteroatoms. The van der Waals surface area contributed by atoms with Gasteiger partial charge in [-0.2, -0.15) is 0 Å². The maximum atomic E-state index is 11.7. The fraction of sp³-hybridized carbons (Fsp3) is 0.533. The lowest BCUT2D eigenvalue weighted by Gasteiger charge is -2.20. The first kappa shape index (κ1) is 13.8. The van der Waals surface area contributed by atoms with Crippen molar-refractivity contribution in [2.24, 2.45) is 0 Å². The molecule has 17 heavy (non-hydrogen) atoms. The standard InChI is InChI=1S/C15H23NO/c1-11-6-7-13(10-12(11)2)8-9-14(17)16-15(3,4)5/h6-7,10H,8-9H2,1-5H3,(H,16,17). The van der Waals surface area contributed by atoms with Gasteiger partial charge in [0.2, 0.25) is 5.91 Å². The molecule has 1 aromatic rings. The second-order valence-corrected chi connectivity index (χ2v) is 5.72. The van der Waals surface area contributed by atoms with Crippen molar-refractivity contribution in [1.82, 2.24) is 5.32 Å². The summed E-state index contributed by atoms with van der Waals surface area (Å²) in [6, 6.07) is 6.39. The highest BCUT2D eigenvalue weighted by atomic mass is 16.1. The molecule has 0 heterocycles. The van der Waals surface area contributed by atoms with E-state index < -0.39 is 0 Å². The monoisotopic (exact) mass is 233 g/mol. The maximum Gasteiger partial charge on any atom is 0.220 e. The lowest BCUT2D eigenvalue weighted by atomic mass is 10.0. The van der Waals surface area contributed by atoms with Gasteiger partial charge in [0.1, 0.15) is 0 Å². The lowest BCUT2D eigenvalue weighted by molar-refractivity contribution is -0.122. The van der Waals surface area contributed by atoms with Crippen LogP contribution in [0.2, 0.25) is 0 Å². The van der Waals surface area contributed by atoms with Crippen LogP contribution in [0.25, 0.3) is 0 Å². The molecule has 1 amide bonds. The summed E-state index contributed by atoms with van der Waals surface area (Å²) >= 11 is 0. The highest BCUT2D eigenvalue weighted by Gasteiger charge is 2.13. The minimum absolute atomic E-state index is 0.121. The second kappa shape index (κ2) is 5.35. The van der Waals surface area contributed by atoms with Crippen LogP contribution in [0.4, 0.5) is 0 Å². The highest BCUT2D eigenvalue weighted by Crippen LogP contribution is 2.11. The molecule has 0 saturated carbocycles. The SMILES string of the molecule is Cc1ccc(CCC(=O)NC(C)(C)C)cc1C. The third kappa shape index (κ3) is 5.03. The Morgan fingerprint density at radius 3 is 2.35 bits per heavy atom. The predicted octanol–water partition coefficient (Wildman–Crippen LogP) is 3.15. The molecule has 0 aliphatic carbocycles. The Hall–Kier alpha value is -1.31. The summed E-state index contributed by atoms with van der Waals surface area (Å²) in [5.74, 6) is 0.121. The van der Waals surface area contributed by atoms with Gasteiger partial charge in [-0.25, -0.2) is 0 Å². The zero-order valence-electron chi connectivity index (χ0n) is 11.6. The van der Waals surface area contributed by atoms with Gasteiger partial charge in [-0.15, -0.1) is 0 Å². The van der Waals surface area contributed by atoms with Crippen molar-refractivity contribution in [3.8, 4) is 0 Å². The molecule has 1 aromatic carbocycles. The molecule has 0 unspecified atom stereocenters. The molecule has 0 spiro atoms. The van der Waals surface area contributed by atoms with Crippen LogP contribution in [0, 0.1) is 13.8 Å². The first-order chi connectivity index (χ1) is 7.78. The number of amides is 1. The van der Waals surface area contributed by atoms with E-state index in [9.17, 15) is 4.79 Å². The van der Waals surface area contributed by atoms with E-state index in [1.165, 1.54) is 16.7 Å². The van der Waals surface area contributed by atoms with Crippen molar-refractivity contribution in [3.63, 3.8) is 0 Å². The van der Waals surface area contributed by atoms with E-state index in [2.05, 4.69) is 37.4 Å². The van der Waals surface area contributed by atoms with Gasteiger partial charge in [-0.05, 0) is 57.7 Å². The van der Waals surface area contributed by atoms with E-state index in [0.717, 1.165) is 6.42 Å². The first-order valence-corrected chi connectivity index (χ1v) is 6.15. The molecule has 94 valence electrons. The van der Waals surface area contributed by atoms with Crippen LogP contribution in [-0.2, 0) is 11.2 Å². The molecular formula is C15H23NO. The largest absolute Gasteiger partial charge is 0.351 e. The fourth-order valence-electron chi connectivity index (χ4n) is 1.70. The van der Waals surface area contributed by atoms with Gasteiger partial charge in [0.25, 0.3) is 0 Å².